The topological polar surface area (TPSA) is 41.1 Å². The molecule has 0 fully saturated rings. The van der Waals surface area contributed by atoms with Crippen molar-refractivity contribution in [2.45, 2.75) is 0 Å². The second kappa shape index (κ2) is 6.03. The molecule has 3 nitrogen and oxygen atoms in total. The Kier molecular flexibility index (Phi) is 3.94. The number of hydrogen-bond donors (Lipinski definition) is 2. The number of benzene rings is 2. The van der Waals surface area contributed by atoms with Gasteiger partial charge in [0.1, 0.15) is 0 Å². The zero-order valence-electron chi connectivity index (χ0n) is 11.0. The van der Waals surface area contributed by atoms with Crippen LogP contribution < -0.4 is 10.6 Å². The zero-order chi connectivity index (χ0) is 14.7. The van der Waals surface area contributed by atoms with Gasteiger partial charge in [0.15, 0.2) is 5.11 Å². The van der Waals surface area contributed by atoms with Crippen LogP contribution in [0.25, 0.3) is 10.8 Å². The van der Waals surface area contributed by atoms with Crippen LogP contribution in [0.4, 0.5) is 5.69 Å². The molecule has 5 heteroatoms. The van der Waals surface area contributed by atoms with E-state index >= 15 is 0 Å². The minimum atomic E-state index is -0.191. The minimum absolute atomic E-state index is 0.191. The Morgan fingerprint density at radius 3 is 2.57 bits per heavy atom. The van der Waals surface area contributed by atoms with Crippen molar-refractivity contribution < 1.29 is 4.79 Å². The summed E-state index contributed by atoms with van der Waals surface area (Å²) >= 11 is 6.55. The van der Waals surface area contributed by atoms with E-state index in [9.17, 15) is 4.79 Å². The fourth-order valence-electron chi connectivity index (χ4n) is 2.00. The van der Waals surface area contributed by atoms with E-state index in [2.05, 4.69) is 16.7 Å². The molecule has 3 rings (SSSR count). The number of carbonyl (C=O) groups is 1. The number of fused-ring (bicyclic) bond motifs is 1. The molecule has 0 atom stereocenters. The standard InChI is InChI=1S/C16H12N2OS2/c19-15(14-6-3-9-21-14)18-16(20)17-13-8-7-11-4-1-2-5-12(11)10-13/h1-10H,(H2,17,18,19,20). The van der Waals surface area contributed by atoms with E-state index in [-0.39, 0.29) is 5.91 Å². The van der Waals surface area contributed by atoms with Gasteiger partial charge in [0.25, 0.3) is 5.91 Å². The second-order valence-electron chi connectivity index (χ2n) is 4.45. The predicted molar refractivity (Wildman–Crippen MR) is 92.0 cm³/mol. The Morgan fingerprint density at radius 1 is 1.00 bits per heavy atom. The molecular weight excluding hydrogens is 300 g/mol. The molecule has 0 saturated carbocycles. The molecule has 0 spiro atoms. The fourth-order valence-corrected chi connectivity index (χ4v) is 2.83. The van der Waals surface area contributed by atoms with Crippen molar-refractivity contribution in [1.29, 1.82) is 0 Å². The summed E-state index contributed by atoms with van der Waals surface area (Å²) in [4.78, 5) is 12.5. The normalized spacial score (nSPS) is 10.3. The summed E-state index contributed by atoms with van der Waals surface area (Å²) in [5.74, 6) is -0.191. The third-order valence-electron chi connectivity index (χ3n) is 2.98. The zero-order valence-corrected chi connectivity index (χ0v) is 12.6. The lowest BCUT2D eigenvalue weighted by atomic mass is 10.1. The van der Waals surface area contributed by atoms with Crippen LogP contribution in [0.3, 0.4) is 0 Å². The van der Waals surface area contributed by atoms with E-state index in [0.717, 1.165) is 16.5 Å². The van der Waals surface area contributed by atoms with Gasteiger partial charge >= 0.3 is 0 Å². The molecule has 0 bridgehead atoms. The first-order valence-electron chi connectivity index (χ1n) is 6.37. The first kappa shape index (κ1) is 13.7. The number of anilines is 1. The minimum Gasteiger partial charge on any atom is -0.332 e. The Hall–Kier alpha value is -2.24. The van der Waals surface area contributed by atoms with Crippen LogP contribution in [0.1, 0.15) is 9.67 Å². The highest BCUT2D eigenvalue weighted by molar-refractivity contribution is 7.80. The first-order chi connectivity index (χ1) is 10.2. The van der Waals surface area contributed by atoms with Crippen molar-refractivity contribution in [1.82, 2.24) is 5.32 Å². The first-order valence-corrected chi connectivity index (χ1v) is 7.66. The van der Waals surface area contributed by atoms with Gasteiger partial charge in [0.2, 0.25) is 0 Å². The van der Waals surface area contributed by atoms with Gasteiger partial charge in [-0.3, -0.25) is 10.1 Å². The number of amides is 1. The average molecular weight is 312 g/mol. The summed E-state index contributed by atoms with van der Waals surface area (Å²) < 4.78 is 0. The van der Waals surface area contributed by atoms with Gasteiger partial charge in [-0.05, 0) is 46.6 Å². The monoisotopic (exact) mass is 312 g/mol. The maximum Gasteiger partial charge on any atom is 0.267 e. The number of carbonyl (C=O) groups excluding carboxylic acids is 1. The summed E-state index contributed by atoms with van der Waals surface area (Å²) in [5.41, 5.74) is 0.852. The average Bonchev–Trinajstić information content (AvgIpc) is 3.01. The Labute approximate surface area is 131 Å². The smallest absolute Gasteiger partial charge is 0.267 e. The van der Waals surface area contributed by atoms with Crippen LogP contribution >= 0.6 is 23.6 Å². The molecule has 21 heavy (non-hydrogen) atoms. The van der Waals surface area contributed by atoms with Crippen molar-refractivity contribution in [2.75, 3.05) is 5.32 Å². The largest absolute Gasteiger partial charge is 0.332 e. The molecule has 0 aliphatic rings. The summed E-state index contributed by atoms with van der Waals surface area (Å²) in [5, 5.41) is 10.1. The molecule has 0 aliphatic heterocycles. The molecule has 1 aromatic heterocycles. The highest BCUT2D eigenvalue weighted by atomic mass is 32.1. The van der Waals surface area contributed by atoms with E-state index in [0.29, 0.717) is 9.99 Å². The SMILES string of the molecule is O=C(NC(=S)Nc1ccc2ccccc2c1)c1cccs1. The van der Waals surface area contributed by atoms with Gasteiger partial charge in [-0.15, -0.1) is 11.3 Å². The van der Waals surface area contributed by atoms with Crippen LogP contribution in [-0.4, -0.2) is 11.0 Å². The highest BCUT2D eigenvalue weighted by Crippen LogP contribution is 2.18. The number of nitrogens with one attached hydrogen (secondary N) is 2. The number of rotatable bonds is 2. The maximum atomic E-state index is 11.9. The second-order valence-corrected chi connectivity index (χ2v) is 5.80. The molecule has 3 aromatic rings. The maximum absolute atomic E-state index is 11.9. The lowest BCUT2D eigenvalue weighted by Crippen LogP contribution is -2.33. The van der Waals surface area contributed by atoms with Gasteiger partial charge in [-0.25, -0.2) is 0 Å². The lowest BCUT2D eigenvalue weighted by Gasteiger charge is -2.09. The summed E-state index contributed by atoms with van der Waals surface area (Å²) in [7, 11) is 0. The Morgan fingerprint density at radius 2 is 1.81 bits per heavy atom. The summed E-state index contributed by atoms with van der Waals surface area (Å²) in [6.45, 7) is 0. The molecule has 1 amide bonds. The molecule has 0 unspecified atom stereocenters. The molecule has 2 aromatic carbocycles. The molecule has 1 heterocycles. The van der Waals surface area contributed by atoms with Crippen molar-refractivity contribution in [3.05, 3.63) is 64.9 Å². The summed E-state index contributed by atoms with van der Waals surface area (Å²) in [6, 6.07) is 17.6. The van der Waals surface area contributed by atoms with Gasteiger partial charge in [0.05, 0.1) is 4.88 Å². The van der Waals surface area contributed by atoms with E-state index < -0.39 is 0 Å². The molecule has 0 aliphatic carbocycles. The quantitative estimate of drug-likeness (QED) is 0.702. The Balaban J connectivity index is 1.70. The van der Waals surface area contributed by atoms with Crippen LogP contribution in [0, 0.1) is 0 Å². The van der Waals surface area contributed by atoms with E-state index in [1.165, 1.54) is 11.3 Å². The van der Waals surface area contributed by atoms with Gasteiger partial charge in [-0.1, -0.05) is 36.4 Å². The number of thiophene rings is 1. The summed E-state index contributed by atoms with van der Waals surface area (Å²) in [6.07, 6.45) is 0. The van der Waals surface area contributed by atoms with Crippen LogP contribution in [0.5, 0.6) is 0 Å². The van der Waals surface area contributed by atoms with E-state index in [4.69, 9.17) is 12.2 Å². The molecular formula is C16H12N2OS2. The van der Waals surface area contributed by atoms with E-state index in [1.54, 1.807) is 6.07 Å². The molecule has 0 saturated heterocycles. The third kappa shape index (κ3) is 3.26. The van der Waals surface area contributed by atoms with Crippen molar-refractivity contribution in [3.63, 3.8) is 0 Å². The number of hydrogen-bond acceptors (Lipinski definition) is 3. The predicted octanol–water partition coefficient (Wildman–Crippen LogP) is 4.03. The third-order valence-corrected chi connectivity index (χ3v) is 4.05. The van der Waals surface area contributed by atoms with Crippen LogP contribution in [-0.2, 0) is 0 Å². The highest BCUT2D eigenvalue weighted by Gasteiger charge is 2.08. The molecule has 104 valence electrons. The Bertz CT molecular complexity index is 797. The fraction of sp³-hybridized carbons (Fsp3) is 0. The lowest BCUT2D eigenvalue weighted by molar-refractivity contribution is 0.0981. The van der Waals surface area contributed by atoms with Crippen molar-refractivity contribution >= 4 is 51.0 Å². The van der Waals surface area contributed by atoms with Crippen LogP contribution in [0.15, 0.2) is 60.0 Å². The van der Waals surface area contributed by atoms with Crippen molar-refractivity contribution in [2.24, 2.45) is 0 Å². The van der Waals surface area contributed by atoms with Crippen LogP contribution in [0.2, 0.25) is 0 Å². The van der Waals surface area contributed by atoms with E-state index in [1.807, 2.05) is 47.8 Å². The number of thiocarbonyl (C=S) groups is 1. The van der Waals surface area contributed by atoms with Crippen molar-refractivity contribution in [3.8, 4) is 0 Å². The molecule has 0 radical (unpaired) electrons. The van der Waals surface area contributed by atoms with Gasteiger partial charge in [-0.2, -0.15) is 0 Å². The van der Waals surface area contributed by atoms with Gasteiger partial charge < -0.3 is 5.32 Å². The van der Waals surface area contributed by atoms with Gasteiger partial charge in [0, 0.05) is 5.69 Å². The molecule has 2 N–H and O–H groups in total.